The summed E-state index contributed by atoms with van der Waals surface area (Å²) in [4.78, 5) is 16.1. The Morgan fingerprint density at radius 1 is 1.14 bits per heavy atom. The van der Waals surface area contributed by atoms with Crippen molar-refractivity contribution >= 4 is 23.7 Å². The maximum Gasteiger partial charge on any atom is 0.231 e. The highest BCUT2D eigenvalue weighted by molar-refractivity contribution is 7.99. The lowest BCUT2D eigenvalue weighted by atomic mass is 10.2. The fraction of sp³-hybridized carbons (Fsp3) is 0.800. The average Bonchev–Trinajstić information content (AvgIpc) is 2.99. The number of aromatic nitrogens is 3. The summed E-state index contributed by atoms with van der Waals surface area (Å²) in [7, 11) is 0. The Morgan fingerprint density at radius 2 is 1.86 bits per heavy atom. The first-order valence-corrected chi connectivity index (χ1v) is 8.89. The van der Waals surface area contributed by atoms with Gasteiger partial charge in [-0.2, -0.15) is 15.0 Å². The van der Waals surface area contributed by atoms with Crippen molar-refractivity contribution in [2.45, 2.75) is 57.4 Å². The summed E-state index contributed by atoms with van der Waals surface area (Å²) in [6.45, 7) is 11.8. The van der Waals surface area contributed by atoms with Crippen molar-refractivity contribution in [2.75, 3.05) is 29.9 Å². The van der Waals surface area contributed by atoms with Crippen molar-refractivity contribution in [3.63, 3.8) is 0 Å². The minimum absolute atomic E-state index is 0.498. The van der Waals surface area contributed by atoms with Gasteiger partial charge in [0, 0.05) is 24.9 Å². The minimum atomic E-state index is 0.498. The van der Waals surface area contributed by atoms with E-state index in [4.69, 9.17) is 0 Å². The van der Waals surface area contributed by atoms with E-state index in [1.165, 1.54) is 12.8 Å². The maximum absolute atomic E-state index is 4.67. The molecule has 1 N–H and O–H groups in total. The summed E-state index contributed by atoms with van der Waals surface area (Å²) in [5, 5.41) is 4.64. The molecular formula is C15H27N5S. The van der Waals surface area contributed by atoms with Crippen LogP contribution in [0, 0.1) is 5.92 Å². The van der Waals surface area contributed by atoms with Crippen LogP contribution in [0.1, 0.15) is 47.0 Å². The van der Waals surface area contributed by atoms with E-state index in [9.17, 15) is 0 Å². The predicted octanol–water partition coefficient (Wildman–Crippen LogP) is 3.43. The highest BCUT2D eigenvalue weighted by atomic mass is 32.2. The lowest BCUT2D eigenvalue weighted by Gasteiger charge is -2.18. The topological polar surface area (TPSA) is 53.9 Å². The molecule has 1 unspecified atom stereocenters. The molecule has 6 heteroatoms. The van der Waals surface area contributed by atoms with Crippen LogP contribution in [-0.2, 0) is 0 Å². The van der Waals surface area contributed by atoms with Gasteiger partial charge in [0.1, 0.15) is 0 Å². The number of thioether (sulfide) groups is 1. The molecular weight excluding hydrogens is 282 g/mol. The second-order valence-corrected chi connectivity index (χ2v) is 7.27. The summed E-state index contributed by atoms with van der Waals surface area (Å²) in [5.41, 5.74) is 0. The molecule has 0 radical (unpaired) electrons. The van der Waals surface area contributed by atoms with Crippen LogP contribution in [-0.4, -0.2) is 39.8 Å². The molecule has 0 bridgehead atoms. The van der Waals surface area contributed by atoms with Gasteiger partial charge in [0.25, 0.3) is 0 Å². The molecule has 0 amide bonds. The Kier molecular flexibility index (Phi) is 6.08. The SMILES string of the molecule is CCCNc1nc(SC(C)C(C)C)nc(N2CCCC2)n1. The third-order valence-electron chi connectivity index (χ3n) is 3.76. The van der Waals surface area contributed by atoms with Gasteiger partial charge >= 0.3 is 0 Å². The molecule has 21 heavy (non-hydrogen) atoms. The molecule has 2 rings (SSSR count). The van der Waals surface area contributed by atoms with E-state index in [1.807, 2.05) is 0 Å². The number of rotatable bonds is 7. The van der Waals surface area contributed by atoms with Crippen molar-refractivity contribution < 1.29 is 0 Å². The van der Waals surface area contributed by atoms with Crippen LogP contribution in [0.4, 0.5) is 11.9 Å². The van der Waals surface area contributed by atoms with Crippen LogP contribution < -0.4 is 10.2 Å². The molecule has 1 saturated heterocycles. The summed E-state index contributed by atoms with van der Waals surface area (Å²) in [6.07, 6.45) is 3.53. The standard InChI is InChI=1S/C15H27N5S/c1-5-8-16-13-17-14(20-9-6-7-10-20)19-15(18-13)21-12(4)11(2)3/h11-12H,5-10H2,1-4H3,(H,16,17,18,19). The number of nitrogens with one attached hydrogen (secondary N) is 1. The van der Waals surface area contributed by atoms with Gasteiger partial charge in [0.05, 0.1) is 0 Å². The average molecular weight is 309 g/mol. The zero-order valence-corrected chi connectivity index (χ0v) is 14.4. The van der Waals surface area contributed by atoms with Crippen LogP contribution in [0.15, 0.2) is 5.16 Å². The largest absolute Gasteiger partial charge is 0.354 e. The minimum Gasteiger partial charge on any atom is -0.354 e. The van der Waals surface area contributed by atoms with Gasteiger partial charge in [-0.05, 0) is 25.2 Å². The Balaban J connectivity index is 2.18. The molecule has 1 aromatic rings. The fourth-order valence-corrected chi connectivity index (χ4v) is 2.95. The third-order valence-corrected chi connectivity index (χ3v) is 5.06. The number of nitrogens with zero attached hydrogens (tertiary/aromatic N) is 4. The molecule has 1 fully saturated rings. The van der Waals surface area contributed by atoms with Crippen LogP contribution >= 0.6 is 11.8 Å². The molecule has 1 atom stereocenters. The zero-order chi connectivity index (χ0) is 15.2. The summed E-state index contributed by atoms with van der Waals surface area (Å²) < 4.78 is 0. The van der Waals surface area contributed by atoms with Crippen LogP contribution in [0.25, 0.3) is 0 Å². The third kappa shape index (κ3) is 4.73. The summed E-state index contributed by atoms with van der Waals surface area (Å²) in [5.74, 6) is 2.15. The highest BCUT2D eigenvalue weighted by Crippen LogP contribution is 2.27. The van der Waals surface area contributed by atoms with E-state index >= 15 is 0 Å². The van der Waals surface area contributed by atoms with Crippen LogP contribution in [0.3, 0.4) is 0 Å². The second kappa shape index (κ2) is 7.82. The molecule has 2 heterocycles. The molecule has 5 nitrogen and oxygen atoms in total. The van der Waals surface area contributed by atoms with Crippen molar-refractivity contribution in [1.29, 1.82) is 0 Å². The van der Waals surface area contributed by atoms with Gasteiger partial charge < -0.3 is 10.2 Å². The first-order chi connectivity index (χ1) is 10.1. The van der Waals surface area contributed by atoms with E-state index in [2.05, 4.69) is 52.9 Å². The Bertz CT molecular complexity index is 446. The van der Waals surface area contributed by atoms with Crippen molar-refractivity contribution in [2.24, 2.45) is 5.92 Å². The van der Waals surface area contributed by atoms with E-state index in [1.54, 1.807) is 11.8 Å². The van der Waals surface area contributed by atoms with Crippen molar-refractivity contribution in [1.82, 2.24) is 15.0 Å². The van der Waals surface area contributed by atoms with Gasteiger partial charge in [-0.15, -0.1) is 0 Å². The molecule has 1 aromatic heterocycles. The summed E-state index contributed by atoms with van der Waals surface area (Å²) >= 11 is 1.74. The normalized spacial score (nSPS) is 16.5. The van der Waals surface area contributed by atoms with Gasteiger partial charge in [-0.25, -0.2) is 0 Å². The monoisotopic (exact) mass is 309 g/mol. The first-order valence-electron chi connectivity index (χ1n) is 8.01. The number of hydrogen-bond donors (Lipinski definition) is 1. The zero-order valence-electron chi connectivity index (χ0n) is 13.6. The number of hydrogen-bond acceptors (Lipinski definition) is 6. The smallest absolute Gasteiger partial charge is 0.231 e. The Hall–Kier alpha value is -1.04. The molecule has 1 aliphatic rings. The van der Waals surface area contributed by atoms with E-state index < -0.39 is 0 Å². The van der Waals surface area contributed by atoms with Gasteiger partial charge in [-0.3, -0.25) is 0 Å². The maximum atomic E-state index is 4.67. The molecule has 0 aliphatic carbocycles. The van der Waals surface area contributed by atoms with Gasteiger partial charge in [0.15, 0.2) is 5.16 Å². The Labute approximate surface area is 132 Å². The summed E-state index contributed by atoms with van der Waals surface area (Å²) in [6, 6.07) is 0. The van der Waals surface area contributed by atoms with Gasteiger partial charge in [-0.1, -0.05) is 39.5 Å². The van der Waals surface area contributed by atoms with E-state index in [0.717, 1.165) is 37.2 Å². The van der Waals surface area contributed by atoms with Gasteiger partial charge in [0.2, 0.25) is 11.9 Å². The highest BCUT2D eigenvalue weighted by Gasteiger charge is 2.19. The second-order valence-electron chi connectivity index (χ2n) is 5.93. The van der Waals surface area contributed by atoms with E-state index in [0.29, 0.717) is 17.1 Å². The molecule has 0 spiro atoms. The van der Waals surface area contributed by atoms with Crippen LogP contribution in [0.2, 0.25) is 0 Å². The van der Waals surface area contributed by atoms with E-state index in [-0.39, 0.29) is 0 Å². The number of anilines is 2. The lowest BCUT2D eigenvalue weighted by Crippen LogP contribution is -2.22. The predicted molar refractivity (Wildman–Crippen MR) is 90.2 cm³/mol. The van der Waals surface area contributed by atoms with Crippen molar-refractivity contribution in [3.8, 4) is 0 Å². The Morgan fingerprint density at radius 3 is 2.48 bits per heavy atom. The van der Waals surface area contributed by atoms with Crippen LogP contribution in [0.5, 0.6) is 0 Å². The molecule has 118 valence electrons. The quantitative estimate of drug-likeness (QED) is 0.779. The molecule has 1 aliphatic heterocycles. The first kappa shape index (κ1) is 16.3. The molecule has 0 saturated carbocycles. The van der Waals surface area contributed by atoms with Crippen molar-refractivity contribution in [3.05, 3.63) is 0 Å². The fourth-order valence-electron chi connectivity index (χ4n) is 2.08. The molecule has 0 aromatic carbocycles. The lowest BCUT2D eigenvalue weighted by molar-refractivity contribution is 0.639.